The van der Waals surface area contributed by atoms with Crippen molar-refractivity contribution in [1.82, 2.24) is 29.5 Å². The van der Waals surface area contributed by atoms with Gasteiger partial charge in [0.25, 0.3) is 5.69 Å². The van der Waals surface area contributed by atoms with E-state index in [0.29, 0.717) is 48.2 Å². The zero-order valence-corrected chi connectivity index (χ0v) is 60.0. The number of thiocarbonyl (C=S) groups is 1. The molecule has 544 valence electrons. The van der Waals surface area contributed by atoms with Gasteiger partial charge in [-0.15, -0.1) is 20.4 Å². The second kappa shape index (κ2) is 35.8. The molecule has 0 fully saturated rings. The lowest BCUT2D eigenvalue weighted by atomic mass is 10.0. The van der Waals surface area contributed by atoms with Gasteiger partial charge < -0.3 is 46.7 Å². The smallest absolute Gasteiger partial charge is 0.310 e. The SMILES string of the molecule is CC1CNc2ccc(F)cc2CC1=O.CC1CNc2ccc(F)cc2CC1=S.COC(=O)C(C)CNc1ccc(F)cc1N.COC(=O)C(C)CNc1ccc(F)cc1[N+](=O)[O-].Cc1nnc2n1-c1cc(F)ccc1N(c1ccc(Cl)cc1)CC2C.Cc1nnc2n1-c1cc(F)ccc1NCC2C. The van der Waals surface area contributed by atoms with E-state index in [1.807, 2.05) is 54.2 Å². The van der Waals surface area contributed by atoms with Crippen molar-refractivity contribution in [2.45, 2.75) is 80.1 Å². The van der Waals surface area contributed by atoms with Crippen molar-refractivity contribution in [3.05, 3.63) is 218 Å². The second-order valence-electron chi connectivity index (χ2n) is 25.2. The maximum Gasteiger partial charge on any atom is 0.310 e. The number of nitrogens with two attached hydrogens (primary N) is 1. The first-order valence-electron chi connectivity index (χ1n) is 33.0. The quantitative estimate of drug-likeness (QED) is 0.0186. The van der Waals surface area contributed by atoms with E-state index >= 15 is 0 Å². The molecule has 6 unspecified atom stereocenters. The van der Waals surface area contributed by atoms with Crippen molar-refractivity contribution in [3.63, 3.8) is 0 Å². The summed E-state index contributed by atoms with van der Waals surface area (Å²) in [6, 6.07) is 33.8. The lowest BCUT2D eigenvalue weighted by Gasteiger charge is -2.26. The molecule has 0 bridgehead atoms. The molecule has 21 nitrogen and oxygen atoms in total. The number of fused-ring (bicyclic) bond motifs is 8. The van der Waals surface area contributed by atoms with Gasteiger partial charge in [-0.1, -0.05) is 65.4 Å². The van der Waals surface area contributed by atoms with Gasteiger partial charge in [0.2, 0.25) is 0 Å². The lowest BCUT2D eigenvalue weighted by molar-refractivity contribution is -0.384. The highest BCUT2D eigenvalue weighted by Crippen LogP contribution is 2.39. The van der Waals surface area contributed by atoms with E-state index in [1.165, 1.54) is 80.9 Å². The van der Waals surface area contributed by atoms with Crippen molar-refractivity contribution in [3.8, 4) is 11.4 Å². The van der Waals surface area contributed by atoms with Crippen molar-refractivity contribution < 1.29 is 55.1 Å². The Balaban J connectivity index is 0.000000158. The number of rotatable bonds is 10. The molecule has 7 N–H and O–H groups in total. The highest BCUT2D eigenvalue weighted by molar-refractivity contribution is 7.80. The minimum Gasteiger partial charge on any atom is -0.469 e. The molecule has 2 aromatic heterocycles. The third-order valence-electron chi connectivity index (χ3n) is 17.2. The topological polar surface area (TPSA) is 264 Å². The number of anilines is 8. The highest BCUT2D eigenvalue weighted by atomic mass is 35.5. The van der Waals surface area contributed by atoms with Crippen LogP contribution in [0.1, 0.15) is 87.8 Å². The van der Waals surface area contributed by atoms with E-state index in [2.05, 4.69) is 82.1 Å². The largest absolute Gasteiger partial charge is 0.469 e. The average Bonchev–Trinajstić information content (AvgIpc) is 1.63. The number of carbonyl (C=O) groups is 3. The Morgan fingerprint density at radius 1 is 0.592 bits per heavy atom. The molecule has 6 atom stereocenters. The number of nitrogens with one attached hydrogen (secondary N) is 5. The fraction of sp³-hybridized carbons (Fsp3) is 0.324. The number of aryl methyl sites for hydroxylation is 2. The molecule has 0 amide bonds. The van der Waals surface area contributed by atoms with E-state index in [1.54, 1.807) is 44.2 Å². The maximum atomic E-state index is 13.9. The highest BCUT2D eigenvalue weighted by Gasteiger charge is 2.30. The van der Waals surface area contributed by atoms with E-state index in [0.717, 1.165) is 111 Å². The Labute approximate surface area is 603 Å². The number of ether oxygens (including phenoxy) is 2. The van der Waals surface area contributed by atoms with Gasteiger partial charge in [-0.3, -0.25) is 33.6 Å². The number of nitro groups is 1. The third kappa shape index (κ3) is 20.6. The van der Waals surface area contributed by atoms with E-state index in [9.17, 15) is 50.8 Å². The van der Waals surface area contributed by atoms with Crippen LogP contribution in [-0.4, -0.2) is 111 Å². The number of carbonyl (C=O) groups excluding carboxylic acids is 3. The molecular weight excluding hydrogens is 1380 g/mol. The van der Waals surface area contributed by atoms with E-state index < -0.39 is 22.6 Å². The Morgan fingerprint density at radius 3 is 1.60 bits per heavy atom. The van der Waals surface area contributed by atoms with Crippen LogP contribution in [0, 0.1) is 82.5 Å². The number of hydrogen-bond acceptors (Lipinski definition) is 19. The fourth-order valence-corrected chi connectivity index (χ4v) is 11.6. The van der Waals surface area contributed by atoms with Crippen LogP contribution in [0.25, 0.3) is 11.4 Å². The van der Waals surface area contributed by atoms with Crippen LogP contribution in [-0.2, 0) is 36.7 Å². The van der Waals surface area contributed by atoms with Gasteiger partial charge in [-0.2, -0.15) is 0 Å². The Kier molecular flexibility index (Phi) is 27.2. The number of benzene rings is 7. The molecule has 9 aromatic rings. The third-order valence-corrected chi connectivity index (χ3v) is 18.0. The average molecular weight is 1460 g/mol. The maximum absolute atomic E-state index is 13.9. The molecule has 0 radical (unpaired) electrons. The minimum atomic E-state index is -0.687. The summed E-state index contributed by atoms with van der Waals surface area (Å²) in [7, 11) is 2.60. The van der Waals surface area contributed by atoms with E-state index in [-0.39, 0.29) is 82.4 Å². The van der Waals surface area contributed by atoms with E-state index in [4.69, 9.17) is 29.6 Å². The van der Waals surface area contributed by atoms with Crippen molar-refractivity contribution in [1.29, 1.82) is 0 Å². The Hall–Kier alpha value is -10.6. The van der Waals surface area contributed by atoms with Crippen LogP contribution in [0.15, 0.2) is 133 Å². The van der Waals surface area contributed by atoms with Crippen LogP contribution in [0.2, 0.25) is 5.02 Å². The molecule has 0 spiro atoms. The van der Waals surface area contributed by atoms with Gasteiger partial charge in [0.15, 0.2) is 0 Å². The number of nitrogen functional groups attached to an aromatic ring is 1. The number of aromatic nitrogens is 6. The number of nitro benzene ring substituents is 1. The monoisotopic (exact) mass is 1460 g/mol. The number of nitrogens with zero attached hydrogens (tertiary/aromatic N) is 8. The van der Waals surface area contributed by atoms with Crippen LogP contribution < -0.4 is 37.2 Å². The number of methoxy groups -OCH3 is 2. The number of hydrogen-bond donors (Lipinski definition) is 6. The summed E-state index contributed by atoms with van der Waals surface area (Å²) >= 11 is 11.3. The van der Waals surface area contributed by atoms with Crippen LogP contribution in [0.5, 0.6) is 0 Å². The molecule has 103 heavy (non-hydrogen) atoms. The normalized spacial score (nSPS) is 16.4. The van der Waals surface area contributed by atoms with Gasteiger partial charge >= 0.3 is 11.9 Å². The lowest BCUT2D eigenvalue weighted by Crippen LogP contribution is -2.21. The summed E-state index contributed by atoms with van der Waals surface area (Å²) in [6.45, 7) is 18.8. The first-order chi connectivity index (χ1) is 49.0. The predicted octanol–water partition coefficient (Wildman–Crippen LogP) is 15.2. The van der Waals surface area contributed by atoms with Crippen molar-refractivity contribution in [2.75, 3.05) is 90.7 Å². The zero-order chi connectivity index (χ0) is 74.9. The Bertz CT molecular complexity index is 4440. The molecule has 4 aliphatic heterocycles. The molecule has 13 rings (SSSR count). The second-order valence-corrected chi connectivity index (χ2v) is 26.1. The van der Waals surface area contributed by atoms with Gasteiger partial charge in [0.05, 0.1) is 71.2 Å². The molecule has 0 saturated carbocycles. The molecule has 29 heteroatoms. The van der Waals surface area contributed by atoms with Crippen molar-refractivity contribution in [2.24, 2.45) is 23.7 Å². The summed E-state index contributed by atoms with van der Waals surface area (Å²) in [4.78, 5) is 47.0. The predicted molar refractivity (Wildman–Crippen MR) is 392 cm³/mol. The molecular formula is C74H81ClF6N14O7S. The molecule has 0 aliphatic carbocycles. The molecule has 4 aliphatic rings. The summed E-state index contributed by atoms with van der Waals surface area (Å²) in [5, 5.41) is 43.6. The first kappa shape index (κ1) is 78.1. The summed E-state index contributed by atoms with van der Waals surface area (Å²) in [5.74, 6) is 0.635. The summed E-state index contributed by atoms with van der Waals surface area (Å²) in [5.41, 5.74) is 14.3. The van der Waals surface area contributed by atoms with Gasteiger partial charge in [0.1, 0.15) is 69.7 Å². The fourth-order valence-electron chi connectivity index (χ4n) is 11.2. The zero-order valence-electron chi connectivity index (χ0n) is 58.4. The van der Waals surface area contributed by atoms with Gasteiger partial charge in [0, 0.05) is 115 Å². The summed E-state index contributed by atoms with van der Waals surface area (Å²) < 4.78 is 91.8. The molecule has 0 saturated heterocycles. The minimum absolute atomic E-state index is 0.00506. The standard InChI is InChI=1S/C18H16ClFN4.C12H13FN4.C11H13FN2O4.C11H15FN2O2.C11H12FNO.C11H12FNS/c1-11-10-23(15-6-3-13(19)4-7-15)16-8-5-14(20)9-17(16)24-12(2)21-22-18(11)24;1-7-6-14-10-4-3-9(13)5-11(10)17-8(2)15-16-12(7)17;1-7(11(15)18-2)6-13-9-4-3-8(12)5-10(9)14(16)17;1-7(11(15)16-2)6-14-10-4-3-8(12)5-9(10)13;2*1-7-6-13-10-3-2-9(12)4-8(10)5-11(7)14/h3-9,11H,10H2,1-2H3;3-5,7,14H,6H2,1-2H3;3-5,7,13H,6H2,1-2H3;3-5,7,14H,6,13H2,1-2H3;2*2-4,7,13H,5-6H2,1H3. The number of Topliss-reactive ketones (excluding diaryl/α,β-unsaturated/α-hetero) is 1. The number of esters is 2. The first-order valence-corrected chi connectivity index (χ1v) is 33.8. The van der Waals surface area contributed by atoms with Crippen LogP contribution in [0.4, 0.5) is 77.5 Å². The van der Waals surface area contributed by atoms with Gasteiger partial charge in [-0.05, 0) is 140 Å². The number of halogens is 7. The summed E-state index contributed by atoms with van der Waals surface area (Å²) in [6.07, 6.45) is 1.04. The van der Waals surface area contributed by atoms with Crippen LogP contribution in [0.3, 0.4) is 0 Å². The number of ketones is 1. The van der Waals surface area contributed by atoms with Crippen LogP contribution >= 0.6 is 23.8 Å². The Morgan fingerprint density at radius 2 is 1.04 bits per heavy atom. The van der Waals surface area contributed by atoms with Gasteiger partial charge in [-0.25, -0.2) is 26.3 Å². The molecule has 6 heterocycles. The van der Waals surface area contributed by atoms with Crippen molar-refractivity contribution >= 4 is 97.6 Å². The molecule has 7 aromatic carbocycles.